The molecule has 21 heavy (non-hydrogen) atoms. The van der Waals surface area contributed by atoms with Gasteiger partial charge in [-0.15, -0.1) is 0 Å². The van der Waals surface area contributed by atoms with Crippen LogP contribution < -0.4 is 5.32 Å². The van der Waals surface area contributed by atoms with E-state index < -0.39 is 0 Å². The van der Waals surface area contributed by atoms with Crippen LogP contribution in [0.25, 0.3) is 0 Å². The molecular formula is C16H30N4O. The molecule has 0 aliphatic carbocycles. The van der Waals surface area contributed by atoms with Gasteiger partial charge in [-0.2, -0.15) is 0 Å². The summed E-state index contributed by atoms with van der Waals surface area (Å²) in [6.45, 7) is 10.4. The molecule has 2 rings (SSSR count). The van der Waals surface area contributed by atoms with E-state index in [1.807, 2.05) is 0 Å². The van der Waals surface area contributed by atoms with Crippen molar-refractivity contribution in [3.8, 4) is 0 Å². The van der Waals surface area contributed by atoms with Gasteiger partial charge in [0.05, 0.1) is 12.2 Å². The Morgan fingerprint density at radius 3 is 2.86 bits per heavy atom. The van der Waals surface area contributed by atoms with Gasteiger partial charge in [-0.1, -0.05) is 5.16 Å². The lowest BCUT2D eigenvalue weighted by Gasteiger charge is -2.24. The van der Waals surface area contributed by atoms with Crippen molar-refractivity contribution in [2.75, 3.05) is 27.2 Å². The van der Waals surface area contributed by atoms with Crippen molar-refractivity contribution in [2.45, 2.75) is 58.3 Å². The quantitative estimate of drug-likeness (QED) is 0.870. The minimum atomic E-state index is 0.100. The molecule has 1 fully saturated rings. The van der Waals surface area contributed by atoms with Gasteiger partial charge in [0.25, 0.3) is 0 Å². The van der Waals surface area contributed by atoms with Crippen LogP contribution in [0.2, 0.25) is 0 Å². The Labute approximate surface area is 128 Å². The van der Waals surface area contributed by atoms with Crippen LogP contribution in [0.15, 0.2) is 10.6 Å². The van der Waals surface area contributed by atoms with E-state index in [0.717, 1.165) is 31.1 Å². The molecule has 1 aliphatic heterocycles. The zero-order valence-corrected chi connectivity index (χ0v) is 14.1. The van der Waals surface area contributed by atoms with Gasteiger partial charge in [-0.05, 0) is 54.3 Å². The summed E-state index contributed by atoms with van der Waals surface area (Å²) in [6.07, 6.45) is 2.62. The lowest BCUT2D eigenvalue weighted by molar-refractivity contribution is 0.200. The van der Waals surface area contributed by atoms with Crippen molar-refractivity contribution in [3.05, 3.63) is 17.5 Å². The molecule has 1 aromatic heterocycles. The van der Waals surface area contributed by atoms with E-state index in [-0.39, 0.29) is 5.54 Å². The van der Waals surface area contributed by atoms with Crippen LogP contribution in [0.4, 0.5) is 0 Å². The van der Waals surface area contributed by atoms with Gasteiger partial charge < -0.3 is 14.7 Å². The molecule has 2 heterocycles. The highest BCUT2D eigenvalue weighted by molar-refractivity contribution is 5.05. The molecule has 1 aliphatic rings. The lowest BCUT2D eigenvalue weighted by Crippen LogP contribution is -2.36. The van der Waals surface area contributed by atoms with E-state index in [4.69, 9.17) is 4.52 Å². The van der Waals surface area contributed by atoms with Gasteiger partial charge in [-0.25, -0.2) is 0 Å². The third-order valence-electron chi connectivity index (χ3n) is 4.03. The number of aromatic nitrogens is 1. The number of rotatable bonds is 6. The minimum absolute atomic E-state index is 0.100. The van der Waals surface area contributed by atoms with Crippen LogP contribution in [0.1, 0.15) is 45.1 Å². The Morgan fingerprint density at radius 2 is 2.24 bits per heavy atom. The minimum Gasteiger partial charge on any atom is -0.360 e. The normalized spacial score (nSPS) is 20.6. The van der Waals surface area contributed by atoms with Crippen LogP contribution in [0.5, 0.6) is 0 Å². The maximum atomic E-state index is 5.45. The summed E-state index contributed by atoms with van der Waals surface area (Å²) in [5, 5.41) is 7.57. The van der Waals surface area contributed by atoms with E-state index in [1.165, 1.54) is 19.4 Å². The first-order valence-electron chi connectivity index (χ1n) is 7.92. The van der Waals surface area contributed by atoms with Gasteiger partial charge in [0.1, 0.15) is 0 Å². The highest BCUT2D eigenvalue weighted by Crippen LogP contribution is 2.16. The average Bonchev–Trinajstić information content (AvgIpc) is 2.96. The molecule has 0 aromatic carbocycles. The van der Waals surface area contributed by atoms with Crippen LogP contribution in [0, 0.1) is 0 Å². The fourth-order valence-corrected chi connectivity index (χ4v) is 2.77. The van der Waals surface area contributed by atoms with Crippen molar-refractivity contribution < 1.29 is 4.52 Å². The first-order valence-corrected chi connectivity index (χ1v) is 7.92. The average molecular weight is 294 g/mol. The summed E-state index contributed by atoms with van der Waals surface area (Å²) in [7, 11) is 4.37. The fourth-order valence-electron chi connectivity index (χ4n) is 2.77. The summed E-state index contributed by atoms with van der Waals surface area (Å²) in [6, 6.07) is 2.74. The van der Waals surface area contributed by atoms with Gasteiger partial charge in [0, 0.05) is 30.7 Å². The Kier molecular flexibility index (Phi) is 5.41. The zero-order valence-electron chi connectivity index (χ0n) is 14.1. The molecule has 1 atom stereocenters. The van der Waals surface area contributed by atoms with Gasteiger partial charge in [0.15, 0.2) is 5.76 Å². The molecule has 1 N–H and O–H groups in total. The number of likely N-dealkylation sites (N-methyl/N-ethyl adjacent to an activating group) is 2. The van der Waals surface area contributed by atoms with E-state index in [1.54, 1.807) is 0 Å². The van der Waals surface area contributed by atoms with Crippen molar-refractivity contribution >= 4 is 0 Å². The summed E-state index contributed by atoms with van der Waals surface area (Å²) < 4.78 is 5.45. The number of nitrogens with one attached hydrogen (secondary N) is 1. The highest BCUT2D eigenvalue weighted by atomic mass is 16.5. The summed E-state index contributed by atoms with van der Waals surface area (Å²) in [5.74, 6) is 0.948. The molecule has 5 heteroatoms. The second-order valence-corrected chi connectivity index (χ2v) is 7.36. The predicted octanol–water partition coefficient (Wildman–Crippen LogP) is 2.09. The molecule has 0 radical (unpaired) electrons. The van der Waals surface area contributed by atoms with Crippen molar-refractivity contribution in [2.24, 2.45) is 0 Å². The van der Waals surface area contributed by atoms with Gasteiger partial charge >= 0.3 is 0 Å². The number of hydrogen-bond acceptors (Lipinski definition) is 5. The third-order valence-corrected chi connectivity index (χ3v) is 4.03. The fraction of sp³-hybridized carbons (Fsp3) is 0.812. The van der Waals surface area contributed by atoms with Crippen LogP contribution in [-0.2, 0) is 13.1 Å². The summed E-state index contributed by atoms with van der Waals surface area (Å²) >= 11 is 0. The molecule has 1 saturated heterocycles. The third kappa shape index (κ3) is 5.41. The SMILES string of the molecule is CN(Cc1cc(CNC(C)(C)C)no1)CC1CCCN1C. The molecule has 1 unspecified atom stereocenters. The Bertz CT molecular complexity index is 438. The van der Waals surface area contributed by atoms with Crippen LogP contribution in [0.3, 0.4) is 0 Å². The Hall–Kier alpha value is -0.910. The van der Waals surface area contributed by atoms with Crippen molar-refractivity contribution in [1.29, 1.82) is 0 Å². The molecule has 0 bridgehead atoms. The largest absolute Gasteiger partial charge is 0.360 e. The van der Waals surface area contributed by atoms with Crippen molar-refractivity contribution in [3.63, 3.8) is 0 Å². The van der Waals surface area contributed by atoms with E-state index >= 15 is 0 Å². The number of nitrogens with zero attached hydrogens (tertiary/aromatic N) is 3. The summed E-state index contributed by atoms with van der Waals surface area (Å²) in [5.41, 5.74) is 1.08. The lowest BCUT2D eigenvalue weighted by atomic mass is 10.1. The molecular weight excluding hydrogens is 264 g/mol. The second-order valence-electron chi connectivity index (χ2n) is 7.36. The Morgan fingerprint density at radius 1 is 1.48 bits per heavy atom. The molecule has 120 valence electrons. The number of hydrogen-bond donors (Lipinski definition) is 1. The first-order chi connectivity index (χ1) is 9.83. The highest BCUT2D eigenvalue weighted by Gasteiger charge is 2.22. The summed E-state index contributed by atoms with van der Waals surface area (Å²) in [4.78, 5) is 4.78. The van der Waals surface area contributed by atoms with E-state index in [2.05, 4.69) is 61.2 Å². The monoisotopic (exact) mass is 294 g/mol. The zero-order chi connectivity index (χ0) is 15.5. The smallest absolute Gasteiger partial charge is 0.151 e. The molecule has 5 nitrogen and oxygen atoms in total. The molecule has 0 spiro atoms. The molecule has 1 aromatic rings. The maximum absolute atomic E-state index is 5.45. The van der Waals surface area contributed by atoms with E-state index in [9.17, 15) is 0 Å². The molecule has 0 saturated carbocycles. The second kappa shape index (κ2) is 6.90. The van der Waals surface area contributed by atoms with Gasteiger partial charge in [-0.3, -0.25) is 4.90 Å². The maximum Gasteiger partial charge on any atom is 0.151 e. The standard InChI is InChI=1S/C16H30N4O/c1-16(2,3)17-10-13-9-15(21-18-13)12-19(4)11-14-7-6-8-20(14)5/h9,14,17H,6-8,10-12H2,1-5H3. The van der Waals surface area contributed by atoms with Crippen LogP contribution >= 0.6 is 0 Å². The van der Waals surface area contributed by atoms with E-state index in [0.29, 0.717) is 6.04 Å². The van der Waals surface area contributed by atoms with Crippen LogP contribution in [-0.4, -0.2) is 53.7 Å². The number of likely N-dealkylation sites (tertiary alicyclic amines) is 1. The van der Waals surface area contributed by atoms with Crippen molar-refractivity contribution in [1.82, 2.24) is 20.3 Å². The van der Waals surface area contributed by atoms with Gasteiger partial charge in [0.2, 0.25) is 0 Å². The molecule has 0 amide bonds. The Balaban J connectivity index is 1.78. The predicted molar refractivity (Wildman–Crippen MR) is 85.1 cm³/mol. The topological polar surface area (TPSA) is 44.5 Å². The first kappa shape index (κ1) is 16.5.